The number of aromatic nitrogens is 1. The number of nitro groups is 1. The Labute approximate surface area is 121 Å². The van der Waals surface area contributed by atoms with E-state index < -0.39 is 10.9 Å². The van der Waals surface area contributed by atoms with Gasteiger partial charge in [-0.2, -0.15) is 0 Å². The molecule has 1 saturated carbocycles. The van der Waals surface area contributed by atoms with Crippen molar-refractivity contribution in [3.05, 3.63) is 27.9 Å². The van der Waals surface area contributed by atoms with Crippen molar-refractivity contribution < 1.29 is 19.9 Å². The summed E-state index contributed by atoms with van der Waals surface area (Å²) in [7, 11) is 0. The molecule has 1 aliphatic carbocycles. The number of hydrogen-bond donors (Lipinski definition) is 3. The molecule has 0 saturated heterocycles. The van der Waals surface area contributed by atoms with Crippen molar-refractivity contribution in [1.29, 1.82) is 0 Å². The summed E-state index contributed by atoms with van der Waals surface area (Å²) < 4.78 is 0. The molecule has 8 heteroatoms. The molecule has 0 unspecified atom stereocenters. The lowest BCUT2D eigenvalue weighted by atomic mass is 9.87. The lowest BCUT2D eigenvalue weighted by Gasteiger charge is -2.26. The van der Waals surface area contributed by atoms with Crippen LogP contribution >= 0.6 is 0 Å². The van der Waals surface area contributed by atoms with Gasteiger partial charge in [0, 0.05) is 18.0 Å². The Morgan fingerprint density at radius 2 is 2.10 bits per heavy atom. The summed E-state index contributed by atoms with van der Waals surface area (Å²) in [5.41, 5.74) is -0.840. The first-order valence-electron chi connectivity index (χ1n) is 6.71. The largest absolute Gasteiger partial charge is 0.477 e. The Bertz CT molecular complexity index is 555. The van der Waals surface area contributed by atoms with Gasteiger partial charge in [-0.1, -0.05) is 12.8 Å². The first kappa shape index (κ1) is 15.2. The third-order valence-corrected chi connectivity index (χ3v) is 3.92. The molecular weight excluding hydrogens is 278 g/mol. The van der Waals surface area contributed by atoms with E-state index in [0.717, 1.165) is 37.8 Å². The van der Waals surface area contributed by atoms with Gasteiger partial charge in [0.1, 0.15) is 0 Å². The molecule has 1 fully saturated rings. The number of rotatable bonds is 6. The van der Waals surface area contributed by atoms with Crippen molar-refractivity contribution in [2.24, 2.45) is 5.41 Å². The highest BCUT2D eigenvalue weighted by Crippen LogP contribution is 2.38. The van der Waals surface area contributed by atoms with E-state index in [1.165, 1.54) is 0 Å². The second-order valence-electron chi connectivity index (χ2n) is 5.35. The van der Waals surface area contributed by atoms with Crippen molar-refractivity contribution in [2.75, 3.05) is 18.5 Å². The van der Waals surface area contributed by atoms with Gasteiger partial charge in [-0.05, 0) is 18.9 Å². The zero-order valence-corrected chi connectivity index (χ0v) is 11.4. The minimum Gasteiger partial charge on any atom is -0.477 e. The summed E-state index contributed by atoms with van der Waals surface area (Å²) in [4.78, 5) is 25.1. The van der Waals surface area contributed by atoms with Crippen LogP contribution in [0.4, 0.5) is 11.5 Å². The molecule has 21 heavy (non-hydrogen) atoms. The number of aliphatic hydroxyl groups excluding tert-OH is 1. The van der Waals surface area contributed by atoms with E-state index in [-0.39, 0.29) is 29.2 Å². The van der Waals surface area contributed by atoms with E-state index in [1.807, 2.05) is 0 Å². The highest BCUT2D eigenvalue weighted by molar-refractivity contribution is 5.86. The zero-order chi connectivity index (χ0) is 15.5. The molecule has 0 radical (unpaired) electrons. The Hall–Kier alpha value is -2.22. The van der Waals surface area contributed by atoms with Crippen LogP contribution in [0.15, 0.2) is 12.1 Å². The molecule has 0 bridgehead atoms. The summed E-state index contributed by atoms with van der Waals surface area (Å²) >= 11 is 0. The summed E-state index contributed by atoms with van der Waals surface area (Å²) in [5, 5.41) is 32.3. The second kappa shape index (κ2) is 6.04. The van der Waals surface area contributed by atoms with E-state index in [0.29, 0.717) is 6.54 Å². The number of anilines is 1. The lowest BCUT2D eigenvalue weighted by molar-refractivity contribution is -0.384. The Kier molecular flexibility index (Phi) is 4.37. The van der Waals surface area contributed by atoms with Crippen molar-refractivity contribution in [3.63, 3.8) is 0 Å². The van der Waals surface area contributed by atoms with E-state index in [2.05, 4.69) is 10.3 Å². The van der Waals surface area contributed by atoms with Gasteiger partial charge in [0.05, 0.1) is 11.5 Å². The van der Waals surface area contributed by atoms with Gasteiger partial charge in [-0.3, -0.25) is 10.1 Å². The summed E-state index contributed by atoms with van der Waals surface area (Å²) in [6.07, 6.45) is 3.69. The Morgan fingerprint density at radius 3 is 2.62 bits per heavy atom. The van der Waals surface area contributed by atoms with Crippen LogP contribution in [0.2, 0.25) is 0 Å². The number of nitrogens with zero attached hydrogens (tertiary/aromatic N) is 2. The van der Waals surface area contributed by atoms with Gasteiger partial charge >= 0.3 is 11.7 Å². The summed E-state index contributed by atoms with van der Waals surface area (Å²) in [6, 6.07) is 2.22. The van der Waals surface area contributed by atoms with Crippen LogP contribution in [-0.4, -0.2) is 39.2 Å². The first-order chi connectivity index (χ1) is 9.97. The minimum absolute atomic E-state index is 0.00752. The van der Waals surface area contributed by atoms with E-state index in [4.69, 9.17) is 5.11 Å². The third kappa shape index (κ3) is 3.27. The fraction of sp³-hybridized carbons (Fsp3) is 0.538. The zero-order valence-electron chi connectivity index (χ0n) is 11.4. The molecule has 0 aliphatic heterocycles. The number of nitrogens with one attached hydrogen (secondary N) is 1. The monoisotopic (exact) mass is 295 g/mol. The number of carboxylic acids is 1. The molecule has 8 nitrogen and oxygen atoms in total. The fourth-order valence-electron chi connectivity index (χ4n) is 2.64. The van der Waals surface area contributed by atoms with E-state index >= 15 is 0 Å². The number of pyridine rings is 1. The molecule has 114 valence electrons. The number of aliphatic hydroxyl groups is 1. The normalized spacial score (nSPS) is 16.6. The Morgan fingerprint density at radius 1 is 1.43 bits per heavy atom. The molecule has 1 aliphatic rings. The number of hydrogen-bond acceptors (Lipinski definition) is 6. The van der Waals surface area contributed by atoms with E-state index in [9.17, 15) is 20.0 Å². The molecule has 3 N–H and O–H groups in total. The lowest BCUT2D eigenvalue weighted by Crippen LogP contribution is -2.31. The molecule has 0 amide bonds. The predicted molar refractivity (Wildman–Crippen MR) is 74.3 cm³/mol. The number of carbonyl (C=O) groups is 1. The van der Waals surface area contributed by atoms with Crippen LogP contribution in [0.1, 0.15) is 36.2 Å². The average molecular weight is 295 g/mol. The van der Waals surface area contributed by atoms with E-state index in [1.54, 1.807) is 0 Å². The van der Waals surface area contributed by atoms with Crippen LogP contribution in [0.5, 0.6) is 0 Å². The van der Waals surface area contributed by atoms with Gasteiger partial charge in [0.2, 0.25) is 5.82 Å². The maximum Gasteiger partial charge on any atom is 0.354 e. The SMILES string of the molecule is O=C(O)c1ccc([N+](=O)[O-])c(NCC2(CO)CCCC2)n1. The smallest absolute Gasteiger partial charge is 0.354 e. The topological polar surface area (TPSA) is 126 Å². The second-order valence-corrected chi connectivity index (χ2v) is 5.35. The van der Waals surface area contributed by atoms with Crippen LogP contribution in [0.3, 0.4) is 0 Å². The van der Waals surface area contributed by atoms with Crippen molar-refractivity contribution in [2.45, 2.75) is 25.7 Å². The number of carboxylic acid groups (broad SMARTS) is 1. The third-order valence-electron chi connectivity index (χ3n) is 3.92. The quantitative estimate of drug-likeness (QED) is 0.538. The van der Waals surface area contributed by atoms with Gasteiger partial charge in [-0.25, -0.2) is 9.78 Å². The van der Waals surface area contributed by atoms with Crippen LogP contribution in [-0.2, 0) is 0 Å². The van der Waals surface area contributed by atoms with Gasteiger partial charge in [-0.15, -0.1) is 0 Å². The fourth-order valence-corrected chi connectivity index (χ4v) is 2.64. The van der Waals surface area contributed by atoms with Crippen molar-refractivity contribution in [1.82, 2.24) is 4.98 Å². The van der Waals surface area contributed by atoms with Gasteiger partial charge < -0.3 is 15.5 Å². The molecule has 1 heterocycles. The van der Waals surface area contributed by atoms with Gasteiger partial charge in [0.15, 0.2) is 5.69 Å². The molecule has 2 rings (SSSR count). The van der Waals surface area contributed by atoms with Crippen molar-refractivity contribution >= 4 is 17.5 Å². The average Bonchev–Trinajstić information content (AvgIpc) is 2.94. The summed E-state index contributed by atoms with van der Waals surface area (Å²) in [6.45, 7) is 0.326. The molecular formula is C13H17N3O5. The molecule has 1 aromatic rings. The Balaban J connectivity index is 2.22. The van der Waals surface area contributed by atoms with Crippen LogP contribution in [0, 0.1) is 15.5 Å². The standard InChI is InChI=1S/C13H17N3O5/c17-8-13(5-1-2-6-13)7-14-11-10(16(20)21)4-3-9(15-11)12(18)19/h3-4,17H,1-2,5-8H2,(H,14,15)(H,18,19). The molecule has 0 spiro atoms. The first-order valence-corrected chi connectivity index (χ1v) is 6.71. The summed E-state index contributed by atoms with van der Waals surface area (Å²) in [5.74, 6) is -1.31. The highest BCUT2D eigenvalue weighted by Gasteiger charge is 2.33. The maximum atomic E-state index is 11.0. The molecule has 0 aromatic carbocycles. The minimum atomic E-state index is -1.24. The maximum absolute atomic E-state index is 11.0. The highest BCUT2D eigenvalue weighted by atomic mass is 16.6. The molecule has 0 atom stereocenters. The van der Waals surface area contributed by atoms with Crippen LogP contribution in [0.25, 0.3) is 0 Å². The number of aromatic carboxylic acids is 1. The van der Waals surface area contributed by atoms with Crippen LogP contribution < -0.4 is 5.32 Å². The predicted octanol–water partition coefficient (Wildman–Crippen LogP) is 1.65. The van der Waals surface area contributed by atoms with Crippen molar-refractivity contribution in [3.8, 4) is 0 Å². The van der Waals surface area contributed by atoms with Gasteiger partial charge in [0.25, 0.3) is 0 Å². The molecule has 1 aromatic heterocycles.